The third-order valence-electron chi connectivity index (χ3n) is 3.94. The number of nitrogens with one attached hydrogen (secondary N) is 1. The fourth-order valence-electron chi connectivity index (χ4n) is 2.33. The van der Waals surface area contributed by atoms with E-state index in [2.05, 4.69) is 10.4 Å². The Bertz CT molecular complexity index is 918. The Kier molecular flexibility index (Phi) is 7.18. The predicted molar refractivity (Wildman–Crippen MR) is 112 cm³/mol. The van der Waals surface area contributed by atoms with Crippen LogP contribution in [0.3, 0.4) is 0 Å². The van der Waals surface area contributed by atoms with Gasteiger partial charge in [0.2, 0.25) is 11.1 Å². The second-order valence-electron chi connectivity index (χ2n) is 6.56. The van der Waals surface area contributed by atoms with Gasteiger partial charge >= 0.3 is 5.97 Å². The van der Waals surface area contributed by atoms with E-state index in [4.69, 9.17) is 16.8 Å². The summed E-state index contributed by atoms with van der Waals surface area (Å²) < 4.78 is 12.3. The van der Waals surface area contributed by atoms with Crippen molar-refractivity contribution in [3.05, 3.63) is 65.5 Å². The summed E-state index contributed by atoms with van der Waals surface area (Å²) in [7, 11) is 0. The molecule has 0 fully saturated rings. The highest BCUT2D eigenvalue weighted by Crippen LogP contribution is 2.28. The molecule has 0 aromatic heterocycles. The number of hydrazone groups is 1. The van der Waals surface area contributed by atoms with Crippen molar-refractivity contribution in [2.24, 2.45) is 16.8 Å². The third kappa shape index (κ3) is 5.93. The number of halogens is 1. The Morgan fingerprint density at radius 2 is 1.90 bits per heavy atom. The molecule has 8 nitrogen and oxygen atoms in total. The van der Waals surface area contributed by atoms with Crippen molar-refractivity contribution in [3.63, 3.8) is 0 Å². The molecular weight excluding hydrogens is 397 g/mol. The minimum atomic E-state index is -1.06. The van der Waals surface area contributed by atoms with E-state index >= 15 is 0 Å². The van der Waals surface area contributed by atoms with E-state index in [0.717, 1.165) is 16.8 Å². The van der Waals surface area contributed by atoms with E-state index in [1.165, 1.54) is 36.4 Å². The number of benzene rings is 2. The van der Waals surface area contributed by atoms with Crippen LogP contribution >= 0.6 is 11.8 Å². The topological polar surface area (TPSA) is 134 Å². The molecule has 0 aliphatic carbocycles. The van der Waals surface area contributed by atoms with E-state index in [0.29, 0.717) is 11.3 Å². The normalized spacial score (nSPS) is 11.8. The molecule has 0 unspecified atom stereocenters. The summed E-state index contributed by atoms with van der Waals surface area (Å²) in [6.45, 7) is 3.51. The van der Waals surface area contributed by atoms with Gasteiger partial charge in [0, 0.05) is 6.54 Å². The zero-order valence-corrected chi connectivity index (χ0v) is 16.7. The molecule has 0 spiro atoms. The fourth-order valence-corrected chi connectivity index (χ4v) is 3.21. The van der Waals surface area contributed by atoms with Crippen molar-refractivity contribution in [3.8, 4) is 0 Å². The molecule has 2 aromatic carbocycles. The van der Waals surface area contributed by atoms with Crippen molar-refractivity contribution in [1.82, 2.24) is 5.32 Å². The minimum Gasteiger partial charge on any atom is -0.478 e. The molecule has 10 heteroatoms. The molecule has 0 bridgehead atoms. The second-order valence-corrected chi connectivity index (χ2v) is 8.15. The van der Waals surface area contributed by atoms with Crippen molar-refractivity contribution in [1.29, 1.82) is 0 Å². The van der Waals surface area contributed by atoms with Crippen LogP contribution in [0.25, 0.3) is 0 Å². The Labute approximate surface area is 171 Å². The summed E-state index contributed by atoms with van der Waals surface area (Å²) in [6.07, 6.45) is 0. The number of carbonyl (C=O) groups is 2. The number of hydrogen-bond donors (Lipinski definition) is 4. The van der Waals surface area contributed by atoms with Gasteiger partial charge in [-0.25, -0.2) is 15.0 Å². The number of anilines is 1. The van der Waals surface area contributed by atoms with Gasteiger partial charge in [-0.15, -0.1) is 0 Å². The van der Waals surface area contributed by atoms with Crippen LogP contribution in [0.5, 0.6) is 0 Å². The number of amidine groups is 1. The van der Waals surface area contributed by atoms with Gasteiger partial charge in [-0.05, 0) is 55.8 Å². The number of hydrogen-bond acceptors (Lipinski definition) is 6. The molecule has 0 aliphatic rings. The maximum absolute atomic E-state index is 13.3. The number of thioether (sulfide) groups is 1. The largest absolute Gasteiger partial charge is 0.478 e. The molecular formula is C19H22FN5O3S. The first-order valence-corrected chi connectivity index (χ1v) is 9.33. The number of nitrogens with two attached hydrogens (primary N) is 2. The number of aromatic carboxylic acids is 1. The molecule has 0 saturated heterocycles. The number of carboxylic acids is 1. The van der Waals surface area contributed by atoms with Gasteiger partial charge in [-0.3, -0.25) is 9.80 Å². The summed E-state index contributed by atoms with van der Waals surface area (Å²) in [5, 5.41) is 16.7. The highest BCUT2D eigenvalue weighted by Gasteiger charge is 2.32. The zero-order chi connectivity index (χ0) is 21.6. The molecule has 154 valence electrons. The van der Waals surface area contributed by atoms with E-state index in [1.807, 2.05) is 0 Å². The smallest absolute Gasteiger partial charge is 0.335 e. The maximum atomic E-state index is 13.3. The molecule has 0 aliphatic heterocycles. The third-order valence-corrected chi connectivity index (χ3v) is 5.12. The van der Waals surface area contributed by atoms with Crippen molar-refractivity contribution >= 4 is 34.5 Å². The van der Waals surface area contributed by atoms with Crippen LogP contribution in [0.1, 0.15) is 29.8 Å². The first-order chi connectivity index (χ1) is 13.6. The van der Waals surface area contributed by atoms with E-state index in [-0.39, 0.29) is 29.0 Å². The van der Waals surface area contributed by atoms with Crippen LogP contribution in [0.4, 0.5) is 10.1 Å². The minimum absolute atomic E-state index is 0.109. The van der Waals surface area contributed by atoms with Gasteiger partial charge in [-0.2, -0.15) is 5.10 Å². The highest BCUT2D eigenvalue weighted by atomic mass is 32.2. The van der Waals surface area contributed by atoms with Gasteiger partial charge < -0.3 is 16.3 Å². The Hall–Kier alpha value is -3.11. The summed E-state index contributed by atoms with van der Waals surface area (Å²) >= 11 is 1.03. The standard InChI is InChI=1S/C19H22FN5O3S/c1-19(2,17(28)23-11-12-4-3-5-14(20)10-12)29-18(24-21)25(22)15-8-6-13(7-9-15)16(26)27/h3-10H,11,21-22H2,1-2H3,(H,23,28)(H,26,27)/b24-18+. The van der Waals surface area contributed by atoms with Crippen LogP contribution in [0, 0.1) is 5.82 Å². The lowest BCUT2D eigenvalue weighted by Gasteiger charge is -2.27. The SMILES string of the molecule is CC(C)(S/C(=N/N)N(N)c1ccc(C(=O)O)cc1)C(=O)NCc1cccc(F)c1. The Morgan fingerprint density at radius 3 is 2.45 bits per heavy atom. The fraction of sp³-hybridized carbons (Fsp3) is 0.211. The van der Waals surface area contributed by atoms with Gasteiger partial charge in [0.1, 0.15) is 5.82 Å². The average Bonchev–Trinajstić information content (AvgIpc) is 2.69. The lowest BCUT2D eigenvalue weighted by atomic mass is 10.1. The van der Waals surface area contributed by atoms with Crippen LogP contribution in [-0.2, 0) is 11.3 Å². The number of amides is 1. The van der Waals surface area contributed by atoms with Gasteiger partial charge in [0.25, 0.3) is 0 Å². The predicted octanol–water partition coefficient (Wildman–Crippen LogP) is 2.26. The number of carbonyl (C=O) groups excluding carboxylic acids is 1. The number of rotatable bonds is 6. The molecule has 2 rings (SSSR count). The summed E-state index contributed by atoms with van der Waals surface area (Å²) in [5.41, 5.74) is 1.19. The number of carboxylic acid groups (broad SMARTS) is 1. The van der Waals surface area contributed by atoms with Crippen LogP contribution in [-0.4, -0.2) is 26.9 Å². The average molecular weight is 419 g/mol. The Morgan fingerprint density at radius 1 is 1.24 bits per heavy atom. The number of nitrogens with zero attached hydrogens (tertiary/aromatic N) is 2. The summed E-state index contributed by atoms with van der Waals surface area (Å²) in [4.78, 5) is 23.6. The van der Waals surface area contributed by atoms with Crippen molar-refractivity contribution in [2.75, 3.05) is 5.01 Å². The number of hydrazine groups is 1. The van der Waals surface area contributed by atoms with Gasteiger partial charge in [0.15, 0.2) is 0 Å². The second kappa shape index (κ2) is 9.39. The Balaban J connectivity index is 2.05. The summed E-state index contributed by atoms with van der Waals surface area (Å²) in [5.74, 6) is 9.75. The molecule has 29 heavy (non-hydrogen) atoms. The van der Waals surface area contributed by atoms with Crippen molar-refractivity contribution in [2.45, 2.75) is 25.1 Å². The first-order valence-electron chi connectivity index (χ1n) is 8.52. The molecule has 0 radical (unpaired) electrons. The van der Waals surface area contributed by atoms with Crippen LogP contribution in [0.2, 0.25) is 0 Å². The molecule has 2 aromatic rings. The molecule has 6 N–H and O–H groups in total. The van der Waals surface area contributed by atoms with E-state index in [9.17, 15) is 14.0 Å². The highest BCUT2D eigenvalue weighted by molar-refractivity contribution is 8.15. The lowest BCUT2D eigenvalue weighted by Crippen LogP contribution is -2.44. The quantitative estimate of drug-likeness (QED) is 0.244. The van der Waals surface area contributed by atoms with Gasteiger partial charge in [0.05, 0.1) is 16.0 Å². The van der Waals surface area contributed by atoms with Gasteiger partial charge in [-0.1, -0.05) is 23.9 Å². The monoisotopic (exact) mass is 419 g/mol. The van der Waals surface area contributed by atoms with Crippen LogP contribution < -0.4 is 22.0 Å². The molecule has 1 amide bonds. The lowest BCUT2D eigenvalue weighted by molar-refractivity contribution is -0.122. The van der Waals surface area contributed by atoms with E-state index in [1.54, 1.807) is 26.0 Å². The molecule has 0 saturated carbocycles. The molecule has 0 atom stereocenters. The van der Waals surface area contributed by atoms with E-state index < -0.39 is 10.7 Å². The van der Waals surface area contributed by atoms with Crippen LogP contribution in [0.15, 0.2) is 53.6 Å². The van der Waals surface area contributed by atoms with Crippen molar-refractivity contribution < 1.29 is 19.1 Å². The molecule has 0 heterocycles. The maximum Gasteiger partial charge on any atom is 0.335 e. The summed E-state index contributed by atoms with van der Waals surface area (Å²) in [6, 6.07) is 11.7. The zero-order valence-electron chi connectivity index (χ0n) is 15.9. The first kappa shape index (κ1) is 22.2.